The average molecular weight is 986 g/mol. The third-order valence-electron chi connectivity index (χ3n) is 13.9. The van der Waals surface area contributed by atoms with Crippen molar-refractivity contribution in [2.45, 2.75) is 104 Å². The van der Waals surface area contributed by atoms with Crippen molar-refractivity contribution in [3.05, 3.63) is 113 Å². The van der Waals surface area contributed by atoms with Crippen LogP contribution < -0.4 is 49.1 Å². The van der Waals surface area contributed by atoms with E-state index in [4.69, 9.17) is 31.4 Å². The third-order valence-corrected chi connectivity index (χ3v) is 13.9. The number of fused-ring (bicyclic) bond motifs is 4. The molecule has 0 aliphatic carbocycles. The number of aromatic nitrogens is 12. The zero-order valence-electron chi connectivity index (χ0n) is 42.0. The first-order valence-corrected chi connectivity index (χ1v) is 24.7. The quantitative estimate of drug-likeness (QED) is 0.147. The molecule has 2 aromatic carbocycles. The van der Waals surface area contributed by atoms with Gasteiger partial charge < -0.3 is 26.6 Å². The highest BCUT2D eigenvalue weighted by molar-refractivity contribution is 5.82. The van der Waals surface area contributed by atoms with E-state index in [2.05, 4.69) is 55.7 Å². The number of imidazole rings is 2. The smallest absolute Gasteiger partial charge is 0.332 e. The Morgan fingerprint density at radius 1 is 0.671 bits per heavy atom. The predicted molar refractivity (Wildman–Crippen MR) is 282 cm³/mol. The van der Waals surface area contributed by atoms with Crippen molar-refractivity contribution in [3.8, 4) is 23.7 Å². The van der Waals surface area contributed by atoms with Gasteiger partial charge in [-0.3, -0.25) is 37.0 Å². The van der Waals surface area contributed by atoms with Crippen LogP contribution in [0.2, 0.25) is 0 Å². The number of rotatable bonds is 12. The van der Waals surface area contributed by atoms with E-state index >= 15 is 0 Å². The highest BCUT2D eigenvalue weighted by Gasteiger charge is 2.32. The fraction of sp³-hybridized carbons (Fsp3) is 0.423. The highest BCUT2D eigenvalue weighted by Crippen LogP contribution is 2.26. The molecule has 10 rings (SSSR count). The van der Waals surface area contributed by atoms with E-state index in [-0.39, 0.29) is 72.7 Å². The van der Waals surface area contributed by atoms with Crippen molar-refractivity contribution in [3.63, 3.8) is 0 Å². The molecule has 21 nitrogen and oxygen atoms in total. The Labute approximate surface area is 419 Å². The van der Waals surface area contributed by atoms with E-state index in [0.29, 0.717) is 61.5 Å². The number of anilines is 2. The summed E-state index contributed by atoms with van der Waals surface area (Å²) in [5.74, 6) is 13.8. The molecule has 0 radical (unpaired) electrons. The molecule has 6 aromatic heterocycles. The number of aryl methyl sites for hydroxylation is 3. The largest absolute Gasteiger partial charge is 0.341 e. The van der Waals surface area contributed by atoms with Gasteiger partial charge in [0.2, 0.25) is 11.9 Å². The van der Waals surface area contributed by atoms with Gasteiger partial charge in [-0.05, 0) is 59.1 Å². The standard InChI is InChI=1S/C52H59N17O4/c1-7-9-22-66-43-45(60-49(66)64-21-15-16-33(53)26-64)62(5)52(73)69(47(43)70)30-42-58-39-20-14-12-18-37(39)40(59-42)24-31(3)55-35-25-34(54)27-65(28-35)50-61-46-44(67(50)23-10-8-2)48(71)68(51(72)63(46)6)29-41-56-32(4)36-17-11-13-19-38(36)57-41/h11-14,17-20,31,33-35,55H,15-16,21-30,53-54H2,1-6H3/t31?,33-,34?,35?/m1/s1. The molecular weight excluding hydrogens is 927 g/mol. The summed E-state index contributed by atoms with van der Waals surface area (Å²) in [4.78, 5) is 90.2. The molecule has 2 aliphatic heterocycles. The molecule has 8 heterocycles. The minimum Gasteiger partial charge on any atom is -0.341 e. The molecule has 376 valence electrons. The molecule has 2 fully saturated rings. The first-order chi connectivity index (χ1) is 35.2. The fourth-order valence-electron chi connectivity index (χ4n) is 10.5. The minimum atomic E-state index is -0.539. The molecule has 3 unspecified atom stereocenters. The number of hydrogen-bond acceptors (Lipinski definition) is 15. The maximum Gasteiger partial charge on any atom is 0.332 e. The van der Waals surface area contributed by atoms with Crippen molar-refractivity contribution in [1.82, 2.24) is 62.6 Å². The Hall–Kier alpha value is -7.98. The number of nitrogens with two attached hydrogens (primary N) is 2. The maximum atomic E-state index is 14.5. The second-order valence-electron chi connectivity index (χ2n) is 19.2. The van der Waals surface area contributed by atoms with Crippen molar-refractivity contribution in [1.29, 1.82) is 0 Å². The SMILES string of the molecule is CC#CCn1c(N2CC(N)CC(NC(C)Cc3nc(Cn4c(=O)c5c(nc(N6CCC[C@@H](N)C6)n5CC#CC)n(C)c4=O)nc4ccccc34)C2)nc2c1c(=O)n(Cc1nc(C)c3ccccc3n1)c(=O)n2C. The van der Waals surface area contributed by atoms with Crippen molar-refractivity contribution in [2.24, 2.45) is 25.6 Å². The predicted octanol–water partition coefficient (Wildman–Crippen LogP) is 1.50. The lowest BCUT2D eigenvalue weighted by Crippen LogP contribution is -2.56. The summed E-state index contributed by atoms with van der Waals surface area (Å²) in [6.07, 6.45) is 2.91. The number of para-hydroxylation sites is 2. The van der Waals surface area contributed by atoms with Crippen LogP contribution in [-0.4, -0.2) is 108 Å². The van der Waals surface area contributed by atoms with E-state index in [0.717, 1.165) is 51.6 Å². The van der Waals surface area contributed by atoms with Gasteiger partial charge in [-0.2, -0.15) is 9.97 Å². The van der Waals surface area contributed by atoms with Gasteiger partial charge in [0.15, 0.2) is 22.3 Å². The van der Waals surface area contributed by atoms with E-state index in [1.165, 1.54) is 13.7 Å². The van der Waals surface area contributed by atoms with E-state index in [9.17, 15) is 19.2 Å². The Morgan fingerprint density at radius 3 is 1.79 bits per heavy atom. The van der Waals surface area contributed by atoms with Crippen LogP contribution in [0.4, 0.5) is 11.9 Å². The molecule has 2 aliphatic rings. The van der Waals surface area contributed by atoms with Crippen LogP contribution in [0.3, 0.4) is 0 Å². The van der Waals surface area contributed by atoms with Crippen LogP contribution in [0.1, 0.15) is 63.1 Å². The van der Waals surface area contributed by atoms with E-state index in [1.54, 1.807) is 37.1 Å². The lowest BCUT2D eigenvalue weighted by Gasteiger charge is -2.38. The molecule has 0 amide bonds. The number of nitrogens with one attached hydrogen (secondary N) is 1. The molecule has 2 saturated heterocycles. The molecule has 0 saturated carbocycles. The summed E-state index contributed by atoms with van der Waals surface area (Å²) in [5.41, 5.74) is 15.0. The van der Waals surface area contributed by atoms with Crippen LogP contribution >= 0.6 is 0 Å². The monoisotopic (exact) mass is 985 g/mol. The summed E-state index contributed by atoms with van der Waals surface area (Å²) in [6.45, 7) is 9.75. The maximum absolute atomic E-state index is 14.5. The summed E-state index contributed by atoms with van der Waals surface area (Å²) < 4.78 is 8.68. The van der Waals surface area contributed by atoms with Crippen molar-refractivity contribution < 1.29 is 0 Å². The molecule has 5 N–H and O–H groups in total. The van der Waals surface area contributed by atoms with E-state index in [1.807, 2.05) is 55.5 Å². The zero-order chi connectivity index (χ0) is 51.2. The second-order valence-corrected chi connectivity index (χ2v) is 19.2. The summed E-state index contributed by atoms with van der Waals surface area (Å²) >= 11 is 0. The van der Waals surface area contributed by atoms with Crippen LogP contribution in [0, 0.1) is 30.6 Å². The Balaban J connectivity index is 0.934. The van der Waals surface area contributed by atoms with E-state index < -0.39 is 22.5 Å². The molecule has 0 spiro atoms. The van der Waals surface area contributed by atoms with Crippen LogP contribution in [0.5, 0.6) is 0 Å². The topological polar surface area (TPSA) is 246 Å². The van der Waals surface area contributed by atoms with Gasteiger partial charge in [-0.15, -0.1) is 11.8 Å². The van der Waals surface area contributed by atoms with Crippen molar-refractivity contribution in [2.75, 3.05) is 36.0 Å². The summed E-state index contributed by atoms with van der Waals surface area (Å²) in [7, 11) is 3.22. The number of piperidine rings is 2. The summed E-state index contributed by atoms with van der Waals surface area (Å²) in [5, 5.41) is 5.54. The minimum absolute atomic E-state index is 0.0370. The molecule has 0 bridgehead atoms. The summed E-state index contributed by atoms with van der Waals surface area (Å²) in [6, 6.07) is 14.8. The first kappa shape index (κ1) is 48.6. The van der Waals surface area contributed by atoms with Gasteiger partial charge >= 0.3 is 11.4 Å². The first-order valence-electron chi connectivity index (χ1n) is 24.7. The van der Waals surface area contributed by atoms with Crippen LogP contribution in [0.15, 0.2) is 67.7 Å². The van der Waals surface area contributed by atoms with Gasteiger partial charge in [0.25, 0.3) is 11.1 Å². The second kappa shape index (κ2) is 19.9. The van der Waals surface area contributed by atoms with Crippen molar-refractivity contribution >= 4 is 56.0 Å². The molecule has 8 aromatic rings. The Bertz CT molecular complexity index is 3860. The Morgan fingerprint density at radius 2 is 1.21 bits per heavy atom. The van der Waals surface area contributed by atoms with Gasteiger partial charge in [-0.25, -0.2) is 29.5 Å². The highest BCUT2D eigenvalue weighted by atomic mass is 16.2. The van der Waals surface area contributed by atoms with Gasteiger partial charge in [-0.1, -0.05) is 48.2 Å². The average Bonchev–Trinajstić information content (AvgIpc) is 3.96. The van der Waals surface area contributed by atoms with Gasteiger partial charge in [0, 0.05) is 87.3 Å². The molecular formula is C52H59N17O4. The van der Waals surface area contributed by atoms with Gasteiger partial charge in [0.05, 0.1) is 42.9 Å². The van der Waals surface area contributed by atoms with Crippen LogP contribution in [0.25, 0.3) is 44.1 Å². The number of benzene rings is 2. The normalized spacial score (nSPS) is 17.6. The lowest BCUT2D eigenvalue weighted by molar-refractivity contribution is 0.353. The van der Waals surface area contributed by atoms with Gasteiger partial charge in [0.1, 0.15) is 11.6 Å². The molecule has 73 heavy (non-hydrogen) atoms. The fourth-order valence-corrected chi connectivity index (χ4v) is 10.5. The third kappa shape index (κ3) is 9.15. The number of nitrogens with zero attached hydrogens (tertiary/aromatic N) is 14. The number of hydrogen-bond donors (Lipinski definition) is 3. The molecule has 21 heteroatoms. The zero-order valence-corrected chi connectivity index (χ0v) is 42.0. The lowest BCUT2D eigenvalue weighted by atomic mass is 9.99. The van der Waals surface area contributed by atoms with Crippen LogP contribution in [-0.2, 0) is 46.7 Å². The Kier molecular flexibility index (Phi) is 13.3. The molecule has 4 atom stereocenters.